The van der Waals surface area contributed by atoms with E-state index in [4.69, 9.17) is 9.84 Å². The van der Waals surface area contributed by atoms with Crippen LogP contribution in [0.25, 0.3) is 0 Å². The van der Waals surface area contributed by atoms with E-state index < -0.39 is 24.4 Å². The van der Waals surface area contributed by atoms with Gasteiger partial charge in [-0.25, -0.2) is 0 Å². The quantitative estimate of drug-likeness (QED) is 0.757. The molecule has 0 aromatic carbocycles. The molecule has 90 valence electrons. The highest BCUT2D eigenvalue weighted by Crippen LogP contribution is 2.22. The predicted molar refractivity (Wildman–Crippen MR) is 48.5 cm³/mol. The second-order valence-corrected chi connectivity index (χ2v) is 4.16. The van der Waals surface area contributed by atoms with Crippen LogP contribution in [0.1, 0.15) is 19.8 Å². The summed E-state index contributed by atoms with van der Waals surface area (Å²) >= 11 is 0. The van der Waals surface area contributed by atoms with Crippen molar-refractivity contribution in [2.45, 2.75) is 37.6 Å². The van der Waals surface area contributed by atoms with Crippen molar-refractivity contribution in [2.24, 2.45) is 0 Å². The molecule has 1 heterocycles. The lowest BCUT2D eigenvalue weighted by molar-refractivity contribution is -0.203. The standard InChI is InChI=1S/C9H16F3NO2/c1-8(3-2-4-15-6-8)13-5-7(14)9(10,11)12/h7,13-14H,2-6H2,1H3. The Morgan fingerprint density at radius 3 is 2.67 bits per heavy atom. The zero-order valence-corrected chi connectivity index (χ0v) is 8.60. The third-order valence-corrected chi connectivity index (χ3v) is 2.54. The molecule has 2 atom stereocenters. The van der Waals surface area contributed by atoms with Crippen molar-refractivity contribution in [3.05, 3.63) is 0 Å². The van der Waals surface area contributed by atoms with Gasteiger partial charge in [-0.1, -0.05) is 0 Å². The highest BCUT2D eigenvalue weighted by Gasteiger charge is 2.39. The van der Waals surface area contributed by atoms with Crippen molar-refractivity contribution in [1.29, 1.82) is 0 Å². The lowest BCUT2D eigenvalue weighted by Gasteiger charge is -2.35. The number of aliphatic hydroxyl groups is 1. The minimum Gasteiger partial charge on any atom is -0.382 e. The Morgan fingerprint density at radius 2 is 2.20 bits per heavy atom. The Kier molecular flexibility index (Phi) is 3.97. The summed E-state index contributed by atoms with van der Waals surface area (Å²) in [6, 6.07) is 0. The maximum atomic E-state index is 12.0. The van der Waals surface area contributed by atoms with Crippen molar-refractivity contribution in [3.63, 3.8) is 0 Å². The summed E-state index contributed by atoms with van der Waals surface area (Å²) in [5.41, 5.74) is -0.454. The lowest BCUT2D eigenvalue weighted by Crippen LogP contribution is -2.53. The monoisotopic (exact) mass is 227 g/mol. The van der Waals surface area contributed by atoms with Gasteiger partial charge in [-0.05, 0) is 19.8 Å². The molecule has 0 saturated carbocycles. The van der Waals surface area contributed by atoms with Gasteiger partial charge >= 0.3 is 6.18 Å². The van der Waals surface area contributed by atoms with Crippen LogP contribution in [-0.4, -0.2) is 42.7 Å². The van der Waals surface area contributed by atoms with Crippen molar-refractivity contribution >= 4 is 0 Å². The first-order valence-electron chi connectivity index (χ1n) is 4.91. The van der Waals surface area contributed by atoms with Crippen LogP contribution in [0, 0.1) is 0 Å². The fourth-order valence-corrected chi connectivity index (χ4v) is 1.53. The first kappa shape index (κ1) is 12.7. The van der Waals surface area contributed by atoms with Crippen molar-refractivity contribution in [3.8, 4) is 0 Å². The first-order valence-corrected chi connectivity index (χ1v) is 4.91. The summed E-state index contributed by atoms with van der Waals surface area (Å²) in [5.74, 6) is 0. The van der Waals surface area contributed by atoms with E-state index in [0.717, 1.165) is 12.8 Å². The molecule has 1 saturated heterocycles. The van der Waals surface area contributed by atoms with Gasteiger partial charge in [0.15, 0.2) is 6.10 Å². The zero-order chi connectivity index (χ0) is 11.5. The maximum absolute atomic E-state index is 12.0. The van der Waals surface area contributed by atoms with Gasteiger partial charge < -0.3 is 15.2 Å². The number of ether oxygens (including phenoxy) is 1. The number of alkyl halides is 3. The van der Waals surface area contributed by atoms with Gasteiger partial charge in [0, 0.05) is 18.7 Å². The van der Waals surface area contributed by atoms with Crippen LogP contribution in [0.5, 0.6) is 0 Å². The largest absolute Gasteiger partial charge is 0.415 e. The SMILES string of the molecule is CC1(NCC(O)C(F)(F)F)CCCOC1. The molecule has 3 nitrogen and oxygen atoms in total. The van der Waals surface area contributed by atoms with Crippen LogP contribution in [0.15, 0.2) is 0 Å². The number of halogens is 3. The van der Waals surface area contributed by atoms with E-state index in [-0.39, 0.29) is 0 Å². The average Bonchev–Trinajstić information content (AvgIpc) is 2.14. The summed E-state index contributed by atoms with van der Waals surface area (Å²) in [4.78, 5) is 0. The number of hydrogen-bond acceptors (Lipinski definition) is 3. The van der Waals surface area contributed by atoms with Crippen LogP contribution in [0.3, 0.4) is 0 Å². The Hall–Kier alpha value is -0.330. The summed E-state index contributed by atoms with van der Waals surface area (Å²) < 4.78 is 41.2. The predicted octanol–water partition coefficient (Wildman–Crippen LogP) is 1.07. The van der Waals surface area contributed by atoms with Crippen molar-refractivity contribution in [1.82, 2.24) is 5.32 Å². The summed E-state index contributed by atoms with van der Waals surface area (Å²) in [6.07, 6.45) is -5.28. The van der Waals surface area contributed by atoms with Gasteiger partial charge in [-0.15, -0.1) is 0 Å². The van der Waals surface area contributed by atoms with Crippen molar-refractivity contribution < 1.29 is 23.0 Å². The Bertz CT molecular complexity index is 202. The van der Waals surface area contributed by atoms with Crippen LogP contribution in [0.4, 0.5) is 13.2 Å². The second-order valence-electron chi connectivity index (χ2n) is 4.16. The third-order valence-electron chi connectivity index (χ3n) is 2.54. The minimum absolute atomic E-state index is 0.386. The molecule has 1 fully saturated rings. The van der Waals surface area contributed by atoms with Crippen LogP contribution < -0.4 is 5.32 Å². The van der Waals surface area contributed by atoms with E-state index in [1.807, 2.05) is 0 Å². The molecule has 0 aliphatic carbocycles. The average molecular weight is 227 g/mol. The minimum atomic E-state index is -4.56. The van der Waals surface area contributed by atoms with Gasteiger partial charge in [0.05, 0.1) is 6.61 Å². The third kappa shape index (κ3) is 3.96. The molecule has 0 amide bonds. The molecule has 0 aromatic rings. The molecule has 2 unspecified atom stereocenters. The molecular weight excluding hydrogens is 211 g/mol. The van der Waals surface area contributed by atoms with Gasteiger partial charge in [0.2, 0.25) is 0 Å². The highest BCUT2D eigenvalue weighted by atomic mass is 19.4. The van der Waals surface area contributed by atoms with Gasteiger partial charge in [0.25, 0.3) is 0 Å². The molecule has 1 aliphatic heterocycles. The Labute approximate surface area is 86.6 Å². The molecule has 0 radical (unpaired) electrons. The van der Waals surface area contributed by atoms with E-state index in [1.165, 1.54) is 0 Å². The fraction of sp³-hybridized carbons (Fsp3) is 1.00. The Balaban J connectivity index is 2.35. The molecule has 15 heavy (non-hydrogen) atoms. The van der Waals surface area contributed by atoms with E-state index in [1.54, 1.807) is 6.92 Å². The van der Waals surface area contributed by atoms with E-state index in [0.29, 0.717) is 13.2 Å². The first-order chi connectivity index (χ1) is 6.83. The second kappa shape index (κ2) is 4.67. The van der Waals surface area contributed by atoms with Gasteiger partial charge in [0.1, 0.15) is 0 Å². The van der Waals surface area contributed by atoms with E-state index in [2.05, 4.69) is 5.32 Å². The van der Waals surface area contributed by atoms with Gasteiger partial charge in [-0.2, -0.15) is 13.2 Å². The lowest BCUT2D eigenvalue weighted by atomic mass is 9.95. The van der Waals surface area contributed by atoms with Crippen LogP contribution >= 0.6 is 0 Å². The molecule has 0 bridgehead atoms. The normalized spacial score (nSPS) is 30.2. The fourth-order valence-electron chi connectivity index (χ4n) is 1.53. The van der Waals surface area contributed by atoms with Crippen LogP contribution in [-0.2, 0) is 4.74 Å². The molecule has 2 N–H and O–H groups in total. The van der Waals surface area contributed by atoms with Crippen LogP contribution in [0.2, 0.25) is 0 Å². The molecule has 0 aromatic heterocycles. The topological polar surface area (TPSA) is 41.5 Å². The number of aliphatic hydroxyl groups excluding tert-OH is 1. The van der Waals surface area contributed by atoms with Gasteiger partial charge in [-0.3, -0.25) is 0 Å². The zero-order valence-electron chi connectivity index (χ0n) is 8.60. The highest BCUT2D eigenvalue weighted by molar-refractivity contribution is 4.86. The number of nitrogens with one attached hydrogen (secondary N) is 1. The van der Waals surface area contributed by atoms with E-state index in [9.17, 15) is 13.2 Å². The van der Waals surface area contributed by atoms with Crippen molar-refractivity contribution in [2.75, 3.05) is 19.8 Å². The summed E-state index contributed by atoms with van der Waals surface area (Å²) in [7, 11) is 0. The molecule has 0 spiro atoms. The molecular formula is C9H16F3NO2. The summed E-state index contributed by atoms with van der Waals surface area (Å²) in [6.45, 7) is 2.36. The number of rotatable bonds is 3. The molecule has 1 rings (SSSR count). The Morgan fingerprint density at radius 1 is 1.53 bits per heavy atom. The molecule has 6 heteroatoms. The molecule has 1 aliphatic rings. The summed E-state index contributed by atoms with van der Waals surface area (Å²) in [5, 5.41) is 11.5. The number of hydrogen-bond donors (Lipinski definition) is 2. The maximum Gasteiger partial charge on any atom is 0.415 e. The smallest absolute Gasteiger partial charge is 0.382 e. The van der Waals surface area contributed by atoms with E-state index >= 15 is 0 Å². The number of β-amino-alcohol motifs (C(OH)–C–C–N with tert-alkyl or cyclic N) is 1.